The summed E-state index contributed by atoms with van der Waals surface area (Å²) in [5, 5.41) is 0. The molecule has 0 fully saturated rings. The second kappa shape index (κ2) is 7.91. The topological polar surface area (TPSA) is 83.6 Å². The van der Waals surface area contributed by atoms with Crippen LogP contribution in [0.1, 0.15) is 19.4 Å². The van der Waals surface area contributed by atoms with Gasteiger partial charge in [0.1, 0.15) is 16.5 Å². The maximum atomic E-state index is 13.8. The molecule has 0 spiro atoms. The molecule has 0 unspecified atom stereocenters. The van der Waals surface area contributed by atoms with Crippen LogP contribution >= 0.6 is 0 Å². The minimum atomic E-state index is -4.46. The average molecular weight is 418 g/mol. The molecule has 0 aliphatic carbocycles. The summed E-state index contributed by atoms with van der Waals surface area (Å²) >= 11 is 0. The largest absolute Gasteiger partial charge is 0.279 e. The molecule has 2 aromatic carbocycles. The number of anilines is 1. The molecule has 0 saturated carbocycles. The molecule has 0 atom stereocenters. The van der Waals surface area contributed by atoms with E-state index in [0.717, 1.165) is 12.1 Å². The van der Waals surface area contributed by atoms with Crippen LogP contribution in [0.15, 0.2) is 46.2 Å². The molecule has 0 aliphatic rings. The van der Waals surface area contributed by atoms with E-state index in [9.17, 15) is 25.6 Å². The second-order valence-electron chi connectivity index (χ2n) is 5.75. The maximum absolute atomic E-state index is 13.8. The van der Waals surface area contributed by atoms with Crippen LogP contribution in [0.25, 0.3) is 0 Å². The van der Waals surface area contributed by atoms with Gasteiger partial charge >= 0.3 is 0 Å². The Labute approximate surface area is 157 Å². The minimum absolute atomic E-state index is 0.0353. The third-order valence-electron chi connectivity index (χ3n) is 3.98. The van der Waals surface area contributed by atoms with Crippen LogP contribution in [0, 0.1) is 18.6 Å². The van der Waals surface area contributed by atoms with Gasteiger partial charge in [-0.25, -0.2) is 25.6 Å². The molecular weight excluding hydrogens is 398 g/mol. The SMILES string of the molecule is CCN(CC)S(=O)(=O)c1ccc(C)c(NS(=O)(=O)c2cc(F)ccc2F)c1. The minimum Gasteiger partial charge on any atom is -0.279 e. The highest BCUT2D eigenvalue weighted by Crippen LogP contribution is 2.26. The van der Waals surface area contributed by atoms with Crippen LogP contribution < -0.4 is 4.72 Å². The fourth-order valence-electron chi connectivity index (χ4n) is 2.47. The molecule has 2 rings (SSSR count). The van der Waals surface area contributed by atoms with Gasteiger partial charge in [-0.3, -0.25) is 4.72 Å². The summed E-state index contributed by atoms with van der Waals surface area (Å²) in [6, 6.07) is 6.04. The van der Waals surface area contributed by atoms with Crippen molar-refractivity contribution in [1.29, 1.82) is 0 Å². The molecule has 6 nitrogen and oxygen atoms in total. The smallest absolute Gasteiger partial charge is 0.264 e. The first-order chi connectivity index (χ1) is 12.5. The summed E-state index contributed by atoms with van der Waals surface area (Å²) in [5.74, 6) is -2.03. The number of hydrogen-bond acceptors (Lipinski definition) is 4. The van der Waals surface area contributed by atoms with Crippen LogP contribution in [0.4, 0.5) is 14.5 Å². The molecule has 148 valence electrons. The first kappa shape index (κ1) is 21.3. The van der Waals surface area contributed by atoms with Crippen molar-refractivity contribution in [3.8, 4) is 0 Å². The van der Waals surface area contributed by atoms with E-state index >= 15 is 0 Å². The highest BCUT2D eigenvalue weighted by molar-refractivity contribution is 7.92. The molecule has 0 aliphatic heterocycles. The van der Waals surface area contributed by atoms with E-state index in [1.165, 1.54) is 16.4 Å². The lowest BCUT2D eigenvalue weighted by atomic mass is 10.2. The average Bonchev–Trinajstić information content (AvgIpc) is 2.59. The van der Waals surface area contributed by atoms with Gasteiger partial charge in [0.25, 0.3) is 10.0 Å². The molecule has 0 aromatic heterocycles. The lowest BCUT2D eigenvalue weighted by Gasteiger charge is -2.19. The van der Waals surface area contributed by atoms with Crippen molar-refractivity contribution in [1.82, 2.24) is 4.31 Å². The van der Waals surface area contributed by atoms with Crippen molar-refractivity contribution >= 4 is 25.7 Å². The van der Waals surface area contributed by atoms with Gasteiger partial charge in [-0.1, -0.05) is 19.9 Å². The Bertz CT molecular complexity index is 1050. The monoisotopic (exact) mass is 418 g/mol. The predicted molar refractivity (Wildman–Crippen MR) is 98.5 cm³/mol. The first-order valence-corrected chi connectivity index (χ1v) is 11.0. The number of sulfonamides is 2. The Morgan fingerprint density at radius 1 is 0.963 bits per heavy atom. The van der Waals surface area contributed by atoms with Crippen LogP contribution in [-0.2, 0) is 20.0 Å². The van der Waals surface area contributed by atoms with Crippen molar-refractivity contribution in [2.75, 3.05) is 17.8 Å². The summed E-state index contributed by atoms with van der Waals surface area (Å²) in [7, 11) is -8.27. The Morgan fingerprint density at radius 2 is 1.59 bits per heavy atom. The van der Waals surface area contributed by atoms with E-state index in [1.54, 1.807) is 20.8 Å². The normalized spacial score (nSPS) is 12.4. The predicted octanol–water partition coefficient (Wildman–Crippen LogP) is 3.10. The Kier molecular flexibility index (Phi) is 6.23. The Hall–Kier alpha value is -2.04. The van der Waals surface area contributed by atoms with Gasteiger partial charge in [0.2, 0.25) is 10.0 Å². The summed E-state index contributed by atoms with van der Waals surface area (Å²) in [4.78, 5) is -0.965. The van der Waals surface area contributed by atoms with E-state index in [-0.39, 0.29) is 23.7 Å². The fraction of sp³-hybridized carbons (Fsp3) is 0.294. The van der Waals surface area contributed by atoms with Gasteiger partial charge in [0, 0.05) is 13.1 Å². The fourth-order valence-corrected chi connectivity index (χ4v) is 5.16. The van der Waals surface area contributed by atoms with Crippen LogP contribution in [0.3, 0.4) is 0 Å². The second-order valence-corrected chi connectivity index (χ2v) is 9.34. The van der Waals surface area contributed by atoms with Crippen molar-refractivity contribution < 1.29 is 25.6 Å². The highest BCUT2D eigenvalue weighted by atomic mass is 32.2. The number of nitrogens with one attached hydrogen (secondary N) is 1. The van der Waals surface area contributed by atoms with Crippen LogP contribution in [0.2, 0.25) is 0 Å². The summed E-state index contributed by atoms with van der Waals surface area (Å²) in [6.45, 7) is 5.44. The molecule has 27 heavy (non-hydrogen) atoms. The van der Waals surface area contributed by atoms with Gasteiger partial charge in [0.15, 0.2) is 0 Å². The molecule has 10 heteroatoms. The molecule has 0 heterocycles. The molecular formula is C17H20F2N2O4S2. The zero-order chi connectivity index (χ0) is 20.4. The van der Waals surface area contributed by atoms with E-state index in [0.29, 0.717) is 17.7 Å². The van der Waals surface area contributed by atoms with Gasteiger partial charge in [-0.15, -0.1) is 0 Å². The van der Waals surface area contributed by atoms with Gasteiger partial charge in [-0.05, 0) is 42.8 Å². The van der Waals surface area contributed by atoms with Crippen molar-refractivity contribution in [2.24, 2.45) is 0 Å². The number of halogens is 2. The summed E-state index contributed by atoms with van der Waals surface area (Å²) in [5.41, 5.74) is 0.390. The van der Waals surface area contributed by atoms with Crippen molar-refractivity contribution in [3.05, 3.63) is 53.6 Å². The van der Waals surface area contributed by atoms with E-state index < -0.39 is 36.6 Å². The summed E-state index contributed by atoms with van der Waals surface area (Å²) < 4.78 is 80.7. The molecule has 0 bridgehead atoms. The van der Waals surface area contributed by atoms with Gasteiger partial charge < -0.3 is 0 Å². The lowest BCUT2D eigenvalue weighted by molar-refractivity contribution is 0.445. The van der Waals surface area contributed by atoms with E-state index in [1.807, 2.05) is 0 Å². The van der Waals surface area contributed by atoms with E-state index in [4.69, 9.17) is 0 Å². The lowest BCUT2D eigenvalue weighted by Crippen LogP contribution is -2.30. The number of benzene rings is 2. The standard InChI is InChI=1S/C17H20F2N2O4S2/c1-4-21(5-2)27(24,25)14-8-6-12(3)16(11-14)20-26(22,23)17-10-13(18)7-9-15(17)19/h6-11,20H,4-5H2,1-3H3. The van der Waals surface area contributed by atoms with Gasteiger partial charge in [0.05, 0.1) is 10.6 Å². The Morgan fingerprint density at radius 3 is 2.19 bits per heavy atom. The van der Waals surface area contributed by atoms with Crippen LogP contribution in [-0.4, -0.2) is 34.2 Å². The molecule has 0 amide bonds. The number of rotatable bonds is 7. The van der Waals surface area contributed by atoms with Crippen molar-refractivity contribution in [2.45, 2.75) is 30.6 Å². The molecule has 2 aromatic rings. The third kappa shape index (κ3) is 4.45. The Balaban J connectivity index is 2.50. The molecule has 0 saturated heterocycles. The number of aryl methyl sites for hydroxylation is 1. The van der Waals surface area contributed by atoms with Crippen LogP contribution in [0.5, 0.6) is 0 Å². The van der Waals surface area contributed by atoms with Crippen molar-refractivity contribution in [3.63, 3.8) is 0 Å². The molecule has 1 N–H and O–H groups in total. The maximum Gasteiger partial charge on any atom is 0.264 e. The number of nitrogens with zero attached hydrogens (tertiary/aromatic N) is 1. The number of hydrogen-bond donors (Lipinski definition) is 1. The summed E-state index contributed by atoms with van der Waals surface area (Å²) in [6.07, 6.45) is 0. The zero-order valence-electron chi connectivity index (χ0n) is 15.0. The zero-order valence-corrected chi connectivity index (χ0v) is 16.7. The quantitative estimate of drug-likeness (QED) is 0.749. The first-order valence-electron chi connectivity index (χ1n) is 8.11. The molecule has 0 radical (unpaired) electrons. The highest BCUT2D eigenvalue weighted by Gasteiger charge is 2.25. The van der Waals surface area contributed by atoms with E-state index in [2.05, 4.69) is 4.72 Å². The third-order valence-corrected chi connectivity index (χ3v) is 7.41. The van der Waals surface area contributed by atoms with Gasteiger partial charge in [-0.2, -0.15) is 4.31 Å².